The fraction of sp³-hybridized carbons (Fsp3) is 0.364. The molecule has 0 fully saturated rings. The highest BCUT2D eigenvalue weighted by molar-refractivity contribution is 9.11. The summed E-state index contributed by atoms with van der Waals surface area (Å²) < 4.78 is 1.19. The van der Waals surface area contributed by atoms with Crippen LogP contribution < -0.4 is 0 Å². The Morgan fingerprint density at radius 2 is 2.08 bits per heavy atom. The fourth-order valence-electron chi connectivity index (χ4n) is 1.59. The quantitative estimate of drug-likeness (QED) is 0.659. The topological polar surface area (TPSA) is 12.4 Å². The highest BCUT2D eigenvalue weighted by atomic mass is 79.9. The van der Waals surface area contributed by atoms with Crippen LogP contribution in [0.25, 0.3) is 0 Å². The van der Waals surface area contributed by atoms with Crippen LogP contribution in [0.3, 0.4) is 0 Å². The zero-order valence-corrected chi connectivity index (χ0v) is 9.05. The first-order valence-electron chi connectivity index (χ1n) is 4.65. The molecule has 2 heteroatoms. The van der Waals surface area contributed by atoms with E-state index in [0.29, 0.717) is 0 Å². The molecule has 1 heterocycles. The van der Waals surface area contributed by atoms with Crippen molar-refractivity contribution in [3.05, 3.63) is 34.0 Å². The van der Waals surface area contributed by atoms with Gasteiger partial charge in [-0.05, 0) is 37.3 Å². The van der Waals surface area contributed by atoms with Gasteiger partial charge in [0.15, 0.2) is 0 Å². The number of rotatable bonds is 1. The van der Waals surface area contributed by atoms with Gasteiger partial charge >= 0.3 is 0 Å². The third kappa shape index (κ3) is 2.19. The molecule has 0 N–H and O–H groups in total. The lowest BCUT2D eigenvalue weighted by molar-refractivity contribution is 0.939. The molecule has 68 valence electrons. The molecule has 0 radical (unpaired) electrons. The third-order valence-electron chi connectivity index (χ3n) is 2.26. The van der Waals surface area contributed by atoms with E-state index in [0.717, 1.165) is 25.7 Å². The Morgan fingerprint density at radius 3 is 2.77 bits per heavy atom. The Labute approximate surface area is 87.1 Å². The smallest absolute Gasteiger partial charge is 0.0618 e. The van der Waals surface area contributed by atoms with Crippen molar-refractivity contribution in [2.75, 3.05) is 0 Å². The van der Waals surface area contributed by atoms with Crippen LogP contribution in [0.4, 0.5) is 0 Å². The molecule has 0 aromatic rings. The van der Waals surface area contributed by atoms with Crippen LogP contribution in [-0.4, -0.2) is 6.21 Å². The maximum absolute atomic E-state index is 4.41. The summed E-state index contributed by atoms with van der Waals surface area (Å²) in [6.07, 6.45) is 13.1. The summed E-state index contributed by atoms with van der Waals surface area (Å²) in [6.45, 7) is 0. The number of hydrogen-bond donors (Lipinski definition) is 0. The predicted octanol–water partition coefficient (Wildman–Crippen LogP) is 3.73. The summed E-state index contributed by atoms with van der Waals surface area (Å²) in [5, 5.41) is 0. The van der Waals surface area contributed by atoms with Crippen LogP contribution in [0.1, 0.15) is 25.7 Å². The lowest BCUT2D eigenvalue weighted by Crippen LogP contribution is -1.96. The molecule has 2 rings (SSSR count). The van der Waals surface area contributed by atoms with Crippen molar-refractivity contribution in [2.24, 2.45) is 4.99 Å². The molecule has 0 bridgehead atoms. The van der Waals surface area contributed by atoms with Crippen molar-refractivity contribution in [3.8, 4) is 0 Å². The normalized spacial score (nSPS) is 22.1. The van der Waals surface area contributed by atoms with Crippen molar-refractivity contribution < 1.29 is 0 Å². The average molecular weight is 238 g/mol. The van der Waals surface area contributed by atoms with Crippen LogP contribution in [-0.2, 0) is 0 Å². The molecule has 0 atom stereocenters. The van der Waals surface area contributed by atoms with E-state index in [-0.39, 0.29) is 0 Å². The van der Waals surface area contributed by atoms with Crippen LogP contribution in [0.5, 0.6) is 0 Å². The molecule has 0 aromatic carbocycles. The maximum atomic E-state index is 4.41. The third-order valence-corrected chi connectivity index (χ3v) is 2.81. The number of nitrogens with zero attached hydrogens (tertiary/aromatic N) is 1. The van der Waals surface area contributed by atoms with E-state index < -0.39 is 0 Å². The van der Waals surface area contributed by atoms with Crippen molar-refractivity contribution >= 4 is 22.1 Å². The second-order valence-corrected chi connectivity index (χ2v) is 4.19. The number of hydrogen-bond acceptors (Lipinski definition) is 1. The molecule has 0 spiro atoms. The summed E-state index contributed by atoms with van der Waals surface area (Å²) in [5.74, 6) is 0. The van der Waals surface area contributed by atoms with Gasteiger partial charge in [-0.3, -0.25) is 4.99 Å². The molecular weight excluding hydrogens is 226 g/mol. The van der Waals surface area contributed by atoms with Gasteiger partial charge in [-0.1, -0.05) is 28.1 Å². The molecule has 0 amide bonds. The minimum Gasteiger partial charge on any atom is -0.261 e. The first-order chi connectivity index (χ1) is 6.36. The summed E-state index contributed by atoms with van der Waals surface area (Å²) >= 11 is 3.50. The number of allylic oxidation sites excluding steroid dienone is 5. The Morgan fingerprint density at radius 1 is 1.15 bits per heavy atom. The molecule has 0 unspecified atom stereocenters. The van der Waals surface area contributed by atoms with Crippen molar-refractivity contribution in [1.29, 1.82) is 0 Å². The van der Waals surface area contributed by atoms with E-state index in [1.54, 1.807) is 0 Å². The van der Waals surface area contributed by atoms with Crippen LogP contribution >= 0.6 is 15.9 Å². The molecular formula is C11H12BrN. The van der Waals surface area contributed by atoms with Crippen LogP contribution in [0.15, 0.2) is 39.0 Å². The standard InChI is InChI=1S/C11H12BrN/c12-10-5-3-4-9(8-10)11-6-1-2-7-13-11/h5-8H,1-4H2. The van der Waals surface area contributed by atoms with Crippen LogP contribution in [0.2, 0.25) is 0 Å². The Balaban J connectivity index is 2.21. The van der Waals surface area contributed by atoms with Crippen molar-refractivity contribution in [2.45, 2.75) is 25.7 Å². The van der Waals surface area contributed by atoms with E-state index in [2.05, 4.69) is 39.2 Å². The number of aliphatic imine (C=N–C) groups is 1. The van der Waals surface area contributed by atoms with Gasteiger partial charge in [-0.2, -0.15) is 0 Å². The van der Waals surface area contributed by atoms with Crippen molar-refractivity contribution in [3.63, 3.8) is 0 Å². The van der Waals surface area contributed by atoms with Gasteiger partial charge in [0.1, 0.15) is 0 Å². The largest absolute Gasteiger partial charge is 0.261 e. The number of halogens is 1. The van der Waals surface area contributed by atoms with E-state index in [4.69, 9.17) is 0 Å². The zero-order valence-electron chi connectivity index (χ0n) is 7.46. The molecule has 0 saturated heterocycles. The van der Waals surface area contributed by atoms with Gasteiger partial charge in [0.25, 0.3) is 0 Å². The molecule has 1 aliphatic carbocycles. The monoisotopic (exact) mass is 237 g/mol. The molecule has 0 saturated carbocycles. The Bertz CT molecular complexity index is 321. The van der Waals surface area contributed by atoms with Crippen LogP contribution in [0, 0.1) is 0 Å². The first kappa shape index (κ1) is 8.95. The Kier molecular flexibility index (Phi) is 2.79. The van der Waals surface area contributed by atoms with Gasteiger partial charge in [0.2, 0.25) is 0 Å². The molecule has 2 aliphatic rings. The summed E-state index contributed by atoms with van der Waals surface area (Å²) in [7, 11) is 0. The van der Waals surface area contributed by atoms with Gasteiger partial charge < -0.3 is 0 Å². The summed E-state index contributed by atoms with van der Waals surface area (Å²) in [6, 6.07) is 0. The molecule has 0 aromatic heterocycles. The second-order valence-electron chi connectivity index (χ2n) is 3.28. The highest BCUT2D eigenvalue weighted by Gasteiger charge is 2.08. The lowest BCUT2D eigenvalue weighted by Gasteiger charge is -2.13. The SMILES string of the molecule is BrC1=CCCC(C2=CCCC=N2)=C1. The van der Waals surface area contributed by atoms with E-state index >= 15 is 0 Å². The minimum atomic E-state index is 1.09. The Hall–Kier alpha value is -0.630. The lowest BCUT2D eigenvalue weighted by atomic mass is 10.0. The van der Waals surface area contributed by atoms with Gasteiger partial charge in [-0.25, -0.2) is 0 Å². The maximum Gasteiger partial charge on any atom is 0.0618 e. The summed E-state index contributed by atoms with van der Waals surface area (Å²) in [5.41, 5.74) is 2.54. The second kappa shape index (κ2) is 4.05. The van der Waals surface area contributed by atoms with E-state index in [1.165, 1.54) is 15.8 Å². The van der Waals surface area contributed by atoms with E-state index in [1.807, 2.05) is 6.21 Å². The highest BCUT2D eigenvalue weighted by Crippen LogP contribution is 2.28. The molecule has 13 heavy (non-hydrogen) atoms. The molecule has 1 nitrogen and oxygen atoms in total. The summed E-state index contributed by atoms with van der Waals surface area (Å²) in [4.78, 5) is 4.41. The predicted molar refractivity (Wildman–Crippen MR) is 60.1 cm³/mol. The van der Waals surface area contributed by atoms with Crippen molar-refractivity contribution in [1.82, 2.24) is 0 Å². The fourth-order valence-corrected chi connectivity index (χ4v) is 2.09. The first-order valence-corrected chi connectivity index (χ1v) is 5.45. The molecule has 1 aliphatic heterocycles. The van der Waals surface area contributed by atoms with Gasteiger partial charge in [-0.15, -0.1) is 0 Å². The average Bonchev–Trinajstić information content (AvgIpc) is 2.19. The van der Waals surface area contributed by atoms with E-state index in [9.17, 15) is 0 Å². The van der Waals surface area contributed by atoms with Gasteiger partial charge in [0.05, 0.1) is 5.70 Å². The zero-order chi connectivity index (χ0) is 9.10. The minimum absolute atomic E-state index is 1.09. The van der Waals surface area contributed by atoms with Gasteiger partial charge in [0, 0.05) is 10.7 Å².